The average molecular weight is 191 g/mol. The van der Waals surface area contributed by atoms with E-state index in [9.17, 15) is 9.32 Å². The molecule has 0 unspecified atom stereocenters. The van der Waals surface area contributed by atoms with Crippen LogP contribution in [0.2, 0.25) is 0 Å². The van der Waals surface area contributed by atoms with Gasteiger partial charge in [-0.3, -0.25) is 4.94 Å². The van der Waals surface area contributed by atoms with Crippen LogP contribution in [0.3, 0.4) is 0 Å². The van der Waals surface area contributed by atoms with Crippen LogP contribution in [-0.2, 0) is 9.74 Å². The molecule has 0 heterocycles. The molecule has 0 rings (SSSR count). The van der Waals surface area contributed by atoms with Crippen molar-refractivity contribution in [2.45, 2.75) is 33.1 Å². The van der Waals surface area contributed by atoms with Crippen molar-refractivity contribution in [2.24, 2.45) is 0 Å². The predicted molar refractivity (Wildman–Crippen MR) is 48.8 cm³/mol. The van der Waals surface area contributed by atoms with Crippen molar-refractivity contribution in [3.05, 3.63) is 0 Å². The summed E-state index contributed by atoms with van der Waals surface area (Å²) in [4.78, 5) is 15.7. The summed E-state index contributed by atoms with van der Waals surface area (Å²) in [7, 11) is 0. The van der Waals surface area contributed by atoms with E-state index >= 15 is 0 Å². The Morgan fingerprint density at radius 3 is 2.15 bits per heavy atom. The number of rotatable bonds is 7. The molecule has 0 aromatic rings. The molecule has 0 aliphatic rings. The van der Waals surface area contributed by atoms with Crippen molar-refractivity contribution in [1.29, 1.82) is 0 Å². The first-order valence-corrected chi connectivity index (χ1v) is 4.78. The quantitative estimate of drug-likeness (QED) is 0.615. The maximum atomic E-state index is 11.3. The van der Waals surface area contributed by atoms with Crippen molar-refractivity contribution in [2.75, 3.05) is 19.6 Å². The van der Waals surface area contributed by atoms with E-state index in [-0.39, 0.29) is 6.42 Å². The third-order valence-corrected chi connectivity index (χ3v) is 1.80. The molecule has 0 saturated carbocycles. The van der Waals surface area contributed by atoms with Crippen LogP contribution in [0.25, 0.3) is 0 Å². The molecule has 0 aromatic carbocycles. The monoisotopic (exact) mass is 191 g/mol. The van der Waals surface area contributed by atoms with Crippen molar-refractivity contribution < 1.29 is 14.3 Å². The lowest BCUT2D eigenvalue weighted by atomic mass is 10.3. The minimum atomic E-state index is -0.780. The Kier molecular flexibility index (Phi) is 7.59. The van der Waals surface area contributed by atoms with Gasteiger partial charge in [-0.25, -0.2) is 4.79 Å². The van der Waals surface area contributed by atoms with Gasteiger partial charge in [-0.15, -0.1) is 0 Å². The Morgan fingerprint density at radius 1 is 1.23 bits per heavy atom. The largest absolute Gasteiger partial charge is 0.350 e. The molecular weight excluding hydrogens is 173 g/mol. The molecule has 0 atom stereocenters. The molecular formula is C9H18FNO2. The molecule has 0 amide bonds. The van der Waals surface area contributed by atoms with E-state index in [0.717, 1.165) is 25.9 Å². The Bertz CT molecular complexity index is 136. The van der Waals surface area contributed by atoms with Crippen LogP contribution in [0.15, 0.2) is 0 Å². The van der Waals surface area contributed by atoms with Gasteiger partial charge in [0.15, 0.2) is 0 Å². The van der Waals surface area contributed by atoms with E-state index in [2.05, 4.69) is 23.7 Å². The molecule has 0 aromatic heterocycles. The second-order valence-electron chi connectivity index (χ2n) is 3.04. The highest BCUT2D eigenvalue weighted by molar-refractivity contribution is 5.68. The molecule has 0 bridgehead atoms. The maximum absolute atomic E-state index is 11.3. The van der Waals surface area contributed by atoms with Gasteiger partial charge < -0.3 is 4.90 Å². The lowest BCUT2D eigenvalue weighted by Crippen LogP contribution is -2.28. The lowest BCUT2D eigenvalue weighted by molar-refractivity contribution is -0.183. The molecule has 4 heteroatoms. The summed E-state index contributed by atoms with van der Waals surface area (Å²) in [6.07, 6.45) is 2.23. The van der Waals surface area contributed by atoms with E-state index in [0.29, 0.717) is 6.54 Å². The highest BCUT2D eigenvalue weighted by Gasteiger charge is 2.07. The lowest BCUT2D eigenvalue weighted by Gasteiger charge is -2.19. The summed E-state index contributed by atoms with van der Waals surface area (Å²) in [6, 6.07) is 0. The zero-order chi connectivity index (χ0) is 10.1. The molecule has 0 spiro atoms. The Morgan fingerprint density at radius 2 is 1.77 bits per heavy atom. The van der Waals surface area contributed by atoms with Gasteiger partial charge in [-0.05, 0) is 25.9 Å². The van der Waals surface area contributed by atoms with Crippen molar-refractivity contribution in [3.63, 3.8) is 0 Å². The van der Waals surface area contributed by atoms with Gasteiger partial charge in [0.2, 0.25) is 0 Å². The topological polar surface area (TPSA) is 29.5 Å². The van der Waals surface area contributed by atoms with Crippen LogP contribution in [0, 0.1) is 0 Å². The molecule has 0 saturated heterocycles. The molecule has 13 heavy (non-hydrogen) atoms. The Balaban J connectivity index is 3.61. The summed E-state index contributed by atoms with van der Waals surface area (Å²) >= 11 is 0. The fraction of sp³-hybridized carbons (Fsp3) is 0.889. The number of nitrogens with zero attached hydrogens (tertiary/aromatic N) is 1. The van der Waals surface area contributed by atoms with Crippen LogP contribution in [0.5, 0.6) is 0 Å². The van der Waals surface area contributed by atoms with Gasteiger partial charge in [0.25, 0.3) is 0 Å². The zero-order valence-corrected chi connectivity index (χ0v) is 8.38. The van der Waals surface area contributed by atoms with Crippen LogP contribution in [-0.4, -0.2) is 30.5 Å². The van der Waals surface area contributed by atoms with E-state index in [1.165, 1.54) is 0 Å². The van der Waals surface area contributed by atoms with Crippen molar-refractivity contribution >= 4 is 5.97 Å². The van der Waals surface area contributed by atoms with Crippen LogP contribution in [0.4, 0.5) is 4.53 Å². The summed E-state index contributed by atoms with van der Waals surface area (Å²) < 4.78 is 11.3. The molecule has 0 aliphatic heterocycles. The number of carbonyl (C=O) groups excluding carboxylic acids is 1. The number of carbonyl (C=O) groups is 1. The summed E-state index contributed by atoms with van der Waals surface area (Å²) in [5.41, 5.74) is 0. The number of hydrogen-bond donors (Lipinski definition) is 0. The maximum Gasteiger partial charge on any atom is 0.350 e. The molecule has 78 valence electrons. The SMILES string of the molecule is CCCN(CCC)CCC(=O)OF. The molecule has 0 N–H and O–H groups in total. The minimum absolute atomic E-state index is 0.135. The summed E-state index contributed by atoms with van der Waals surface area (Å²) in [5.74, 6) is -0.780. The summed E-state index contributed by atoms with van der Waals surface area (Å²) in [6.45, 7) is 6.65. The van der Waals surface area contributed by atoms with Gasteiger partial charge in [-0.1, -0.05) is 13.8 Å². The molecule has 3 nitrogen and oxygen atoms in total. The zero-order valence-electron chi connectivity index (χ0n) is 8.38. The highest BCUT2D eigenvalue weighted by atomic mass is 19.3. The van der Waals surface area contributed by atoms with Gasteiger partial charge in [0, 0.05) is 11.1 Å². The van der Waals surface area contributed by atoms with Crippen LogP contribution in [0.1, 0.15) is 33.1 Å². The van der Waals surface area contributed by atoms with E-state index in [1.54, 1.807) is 0 Å². The van der Waals surface area contributed by atoms with Gasteiger partial charge in [0.1, 0.15) is 0 Å². The Labute approximate surface area is 78.8 Å². The van der Waals surface area contributed by atoms with Crippen LogP contribution < -0.4 is 0 Å². The average Bonchev–Trinajstić information content (AvgIpc) is 2.14. The molecule has 0 fully saturated rings. The van der Waals surface area contributed by atoms with Gasteiger partial charge >= 0.3 is 5.97 Å². The predicted octanol–water partition coefficient (Wildman–Crippen LogP) is 1.93. The first-order valence-electron chi connectivity index (χ1n) is 4.78. The fourth-order valence-corrected chi connectivity index (χ4v) is 1.26. The number of hydrogen-bond acceptors (Lipinski definition) is 3. The first kappa shape index (κ1) is 12.4. The standard InChI is InChI=1S/C9H18FNO2/c1-3-6-11(7-4-2)8-5-9(12)13-10/h3-8H2,1-2H3. The third-order valence-electron chi connectivity index (χ3n) is 1.80. The number of halogens is 1. The third kappa shape index (κ3) is 6.51. The van der Waals surface area contributed by atoms with Gasteiger partial charge in [0.05, 0.1) is 6.42 Å². The summed E-state index contributed by atoms with van der Waals surface area (Å²) in [5, 5.41) is 0. The minimum Gasteiger partial charge on any atom is -0.303 e. The van der Waals surface area contributed by atoms with E-state index < -0.39 is 5.97 Å². The Hall–Kier alpha value is -0.640. The molecule has 0 aliphatic carbocycles. The fourth-order valence-electron chi connectivity index (χ4n) is 1.26. The molecule has 0 radical (unpaired) electrons. The second kappa shape index (κ2) is 7.98. The smallest absolute Gasteiger partial charge is 0.303 e. The van der Waals surface area contributed by atoms with E-state index in [4.69, 9.17) is 0 Å². The first-order chi connectivity index (χ1) is 6.24. The van der Waals surface area contributed by atoms with Crippen LogP contribution >= 0.6 is 0 Å². The highest BCUT2D eigenvalue weighted by Crippen LogP contribution is 1.97. The second-order valence-corrected chi connectivity index (χ2v) is 3.04. The van der Waals surface area contributed by atoms with Crippen molar-refractivity contribution in [3.8, 4) is 0 Å². The van der Waals surface area contributed by atoms with Crippen molar-refractivity contribution in [1.82, 2.24) is 4.90 Å². The normalized spacial score (nSPS) is 10.5. The van der Waals surface area contributed by atoms with E-state index in [1.807, 2.05) is 0 Å². The van der Waals surface area contributed by atoms with Gasteiger partial charge in [-0.2, -0.15) is 0 Å².